The maximum absolute atomic E-state index is 12.4. The van der Waals surface area contributed by atoms with Crippen LogP contribution in [0, 0.1) is 0 Å². The normalized spacial score (nSPS) is 10.1. The number of carbonyl (C=O) groups is 1. The molecule has 0 spiro atoms. The summed E-state index contributed by atoms with van der Waals surface area (Å²) in [7, 11) is 2.99. The Morgan fingerprint density at radius 3 is 2.62 bits per heavy atom. The zero-order valence-electron chi connectivity index (χ0n) is 11.2. The summed E-state index contributed by atoms with van der Waals surface area (Å²) in [4.78, 5) is 20.5. The summed E-state index contributed by atoms with van der Waals surface area (Å²) < 4.78 is 11.4. The highest BCUT2D eigenvalue weighted by atomic mass is 79.9. The summed E-state index contributed by atoms with van der Waals surface area (Å²) in [6.07, 6.45) is 1.49. The molecule has 0 aliphatic carbocycles. The van der Waals surface area contributed by atoms with Crippen LogP contribution in [-0.4, -0.2) is 30.1 Å². The lowest BCUT2D eigenvalue weighted by Crippen LogP contribution is -2.15. The van der Waals surface area contributed by atoms with Crippen molar-refractivity contribution in [1.82, 2.24) is 9.97 Å². The fourth-order valence-corrected chi connectivity index (χ4v) is 2.58. The number of para-hydroxylation sites is 1. The standard InChI is InChI=1S/C13H11Br2N3O3/c1-20-8-5-3-4-7(10(8)21-2)13(19)18-12-11(15)17-9(14)6-16-12/h3-6H,1-2H3,(H,16,18,19). The summed E-state index contributed by atoms with van der Waals surface area (Å²) in [6.45, 7) is 0. The first-order chi connectivity index (χ1) is 10.1. The quantitative estimate of drug-likeness (QED) is 0.827. The molecule has 0 saturated carbocycles. The van der Waals surface area contributed by atoms with Crippen molar-refractivity contribution >= 4 is 43.6 Å². The summed E-state index contributed by atoms with van der Waals surface area (Å²) in [5.41, 5.74) is 0.341. The third-order valence-corrected chi connectivity index (χ3v) is 3.52. The van der Waals surface area contributed by atoms with Crippen LogP contribution in [0.5, 0.6) is 11.5 Å². The van der Waals surface area contributed by atoms with Gasteiger partial charge in [0.25, 0.3) is 5.91 Å². The second-order valence-corrected chi connectivity index (χ2v) is 5.39. The molecule has 1 aromatic carbocycles. The molecule has 1 heterocycles. The molecule has 0 saturated heterocycles. The zero-order chi connectivity index (χ0) is 15.4. The summed E-state index contributed by atoms with van der Waals surface area (Å²) in [5.74, 6) is 0.779. The molecule has 0 unspecified atom stereocenters. The molecule has 0 fully saturated rings. The van der Waals surface area contributed by atoms with Crippen molar-refractivity contribution in [1.29, 1.82) is 0 Å². The molecular weight excluding hydrogens is 406 g/mol. The highest BCUT2D eigenvalue weighted by molar-refractivity contribution is 9.11. The Bertz CT molecular complexity index is 680. The average molecular weight is 417 g/mol. The topological polar surface area (TPSA) is 73.3 Å². The molecule has 1 amide bonds. The third-order valence-electron chi connectivity index (χ3n) is 2.58. The maximum Gasteiger partial charge on any atom is 0.260 e. The van der Waals surface area contributed by atoms with Gasteiger partial charge < -0.3 is 14.8 Å². The van der Waals surface area contributed by atoms with E-state index in [2.05, 4.69) is 47.1 Å². The minimum atomic E-state index is -0.372. The molecule has 2 rings (SSSR count). The van der Waals surface area contributed by atoms with Gasteiger partial charge in [0.2, 0.25) is 0 Å². The lowest BCUT2D eigenvalue weighted by atomic mass is 10.1. The van der Waals surface area contributed by atoms with E-state index in [0.29, 0.717) is 32.1 Å². The molecule has 0 bridgehead atoms. The molecule has 1 aromatic heterocycles. The molecule has 21 heavy (non-hydrogen) atoms. The Kier molecular flexibility index (Phi) is 5.13. The Hall–Kier alpha value is -1.67. The first kappa shape index (κ1) is 15.7. The van der Waals surface area contributed by atoms with Crippen LogP contribution in [0.3, 0.4) is 0 Å². The van der Waals surface area contributed by atoms with Gasteiger partial charge in [-0.2, -0.15) is 0 Å². The Morgan fingerprint density at radius 2 is 2.00 bits per heavy atom. The largest absolute Gasteiger partial charge is 0.493 e. The number of nitrogens with zero attached hydrogens (tertiary/aromatic N) is 2. The van der Waals surface area contributed by atoms with Crippen molar-refractivity contribution in [3.8, 4) is 11.5 Å². The average Bonchev–Trinajstić information content (AvgIpc) is 2.49. The Labute approximate surface area is 138 Å². The van der Waals surface area contributed by atoms with Gasteiger partial charge >= 0.3 is 0 Å². The number of halogens is 2. The minimum absolute atomic E-state index is 0.313. The SMILES string of the molecule is COc1cccc(C(=O)Nc2ncc(Br)nc2Br)c1OC. The van der Waals surface area contributed by atoms with E-state index in [1.54, 1.807) is 18.2 Å². The monoisotopic (exact) mass is 415 g/mol. The van der Waals surface area contributed by atoms with Gasteiger partial charge in [0.15, 0.2) is 17.3 Å². The van der Waals surface area contributed by atoms with Crippen molar-refractivity contribution < 1.29 is 14.3 Å². The van der Waals surface area contributed by atoms with Crippen LogP contribution >= 0.6 is 31.9 Å². The second-order valence-electron chi connectivity index (χ2n) is 3.83. The van der Waals surface area contributed by atoms with Crippen LogP contribution in [0.1, 0.15) is 10.4 Å². The zero-order valence-corrected chi connectivity index (χ0v) is 14.4. The van der Waals surface area contributed by atoms with E-state index in [0.717, 1.165) is 0 Å². The molecule has 6 nitrogen and oxygen atoms in total. The van der Waals surface area contributed by atoms with E-state index in [1.165, 1.54) is 20.4 Å². The highest BCUT2D eigenvalue weighted by Crippen LogP contribution is 2.31. The minimum Gasteiger partial charge on any atom is -0.493 e. The first-order valence-electron chi connectivity index (χ1n) is 5.77. The van der Waals surface area contributed by atoms with Crippen molar-refractivity contribution in [3.05, 3.63) is 39.2 Å². The molecule has 0 radical (unpaired) electrons. The van der Waals surface area contributed by atoms with E-state index < -0.39 is 0 Å². The predicted octanol–water partition coefficient (Wildman–Crippen LogP) is 3.27. The molecule has 110 valence electrons. The molecule has 0 aliphatic rings. The number of hydrogen-bond acceptors (Lipinski definition) is 5. The van der Waals surface area contributed by atoms with Gasteiger partial charge in [-0.15, -0.1) is 0 Å². The van der Waals surface area contributed by atoms with Crippen LogP contribution in [0.4, 0.5) is 5.82 Å². The lowest BCUT2D eigenvalue weighted by molar-refractivity contribution is 0.102. The smallest absolute Gasteiger partial charge is 0.260 e. The fraction of sp³-hybridized carbons (Fsp3) is 0.154. The van der Waals surface area contributed by atoms with Crippen molar-refractivity contribution in [2.75, 3.05) is 19.5 Å². The number of methoxy groups -OCH3 is 2. The second kappa shape index (κ2) is 6.86. The number of nitrogens with one attached hydrogen (secondary N) is 1. The van der Waals surface area contributed by atoms with Crippen molar-refractivity contribution in [2.45, 2.75) is 0 Å². The number of aromatic nitrogens is 2. The number of carbonyl (C=O) groups excluding carboxylic acids is 1. The molecular formula is C13H11Br2N3O3. The van der Waals surface area contributed by atoms with E-state index >= 15 is 0 Å². The summed E-state index contributed by atoms with van der Waals surface area (Å²) >= 11 is 6.43. The van der Waals surface area contributed by atoms with Gasteiger partial charge in [-0.3, -0.25) is 4.79 Å². The number of ether oxygens (including phenoxy) is 2. The van der Waals surface area contributed by atoms with Gasteiger partial charge in [0.05, 0.1) is 26.0 Å². The predicted molar refractivity (Wildman–Crippen MR) is 84.9 cm³/mol. The lowest BCUT2D eigenvalue weighted by Gasteiger charge is -2.12. The van der Waals surface area contributed by atoms with Crippen LogP contribution in [0.25, 0.3) is 0 Å². The third kappa shape index (κ3) is 3.51. The fourth-order valence-electron chi connectivity index (χ4n) is 1.67. The van der Waals surface area contributed by atoms with Crippen LogP contribution < -0.4 is 14.8 Å². The van der Waals surface area contributed by atoms with E-state index in [1.807, 2.05) is 0 Å². The first-order valence-corrected chi connectivity index (χ1v) is 7.35. The van der Waals surface area contributed by atoms with Crippen LogP contribution in [0.15, 0.2) is 33.6 Å². The van der Waals surface area contributed by atoms with Gasteiger partial charge in [0.1, 0.15) is 9.21 Å². The van der Waals surface area contributed by atoms with E-state index in [-0.39, 0.29) is 5.91 Å². The number of benzene rings is 1. The number of rotatable bonds is 4. The number of anilines is 1. The number of hydrogen-bond donors (Lipinski definition) is 1. The maximum atomic E-state index is 12.4. The van der Waals surface area contributed by atoms with Gasteiger partial charge in [-0.25, -0.2) is 9.97 Å². The highest BCUT2D eigenvalue weighted by Gasteiger charge is 2.18. The Balaban J connectivity index is 2.32. The summed E-state index contributed by atoms with van der Waals surface area (Å²) in [6, 6.07) is 5.06. The molecule has 0 atom stereocenters. The van der Waals surface area contributed by atoms with Gasteiger partial charge in [-0.1, -0.05) is 6.07 Å². The van der Waals surface area contributed by atoms with Crippen molar-refractivity contribution in [2.24, 2.45) is 0 Å². The summed E-state index contributed by atoms with van der Waals surface area (Å²) in [5, 5.41) is 2.66. The molecule has 1 N–H and O–H groups in total. The van der Waals surface area contributed by atoms with Crippen LogP contribution in [-0.2, 0) is 0 Å². The Morgan fingerprint density at radius 1 is 1.24 bits per heavy atom. The molecule has 0 aliphatic heterocycles. The molecule has 2 aromatic rings. The van der Waals surface area contributed by atoms with Gasteiger partial charge in [0, 0.05) is 0 Å². The van der Waals surface area contributed by atoms with Crippen molar-refractivity contribution in [3.63, 3.8) is 0 Å². The van der Waals surface area contributed by atoms with Gasteiger partial charge in [-0.05, 0) is 44.0 Å². The van der Waals surface area contributed by atoms with Crippen LogP contribution in [0.2, 0.25) is 0 Å². The number of amides is 1. The van der Waals surface area contributed by atoms with E-state index in [4.69, 9.17) is 9.47 Å². The molecule has 8 heteroatoms. The van der Waals surface area contributed by atoms with E-state index in [9.17, 15) is 4.79 Å².